The highest BCUT2D eigenvalue weighted by Crippen LogP contribution is 2.48. The van der Waals surface area contributed by atoms with Gasteiger partial charge >= 0.3 is 0 Å². The Kier molecular flexibility index (Phi) is 5.09. The standard InChI is InChI=1S/C18H25BrN2O2/c1-23-13-18(7-9-20-10-8-18)16(22)21-12-17(5-6-17)14-3-2-4-15(19)11-14/h2-4,11,20H,5-10,12-13H2,1H3,(H,21,22). The average molecular weight is 381 g/mol. The molecule has 1 aromatic carbocycles. The molecule has 2 fully saturated rings. The molecule has 2 aliphatic rings. The molecule has 0 spiro atoms. The number of ether oxygens (including phenoxy) is 1. The van der Waals surface area contributed by atoms with Crippen LogP contribution in [0, 0.1) is 5.41 Å². The summed E-state index contributed by atoms with van der Waals surface area (Å²) in [5.74, 6) is 0.155. The summed E-state index contributed by atoms with van der Waals surface area (Å²) in [4.78, 5) is 12.9. The number of carbonyl (C=O) groups is 1. The second kappa shape index (κ2) is 6.91. The maximum atomic E-state index is 12.9. The molecule has 2 N–H and O–H groups in total. The first kappa shape index (κ1) is 16.9. The van der Waals surface area contributed by atoms with Crippen molar-refractivity contribution in [3.63, 3.8) is 0 Å². The molecule has 0 radical (unpaired) electrons. The van der Waals surface area contributed by atoms with Crippen LogP contribution in [-0.2, 0) is 14.9 Å². The van der Waals surface area contributed by atoms with Crippen LogP contribution in [-0.4, -0.2) is 39.3 Å². The minimum atomic E-state index is -0.368. The summed E-state index contributed by atoms with van der Waals surface area (Å²) in [6, 6.07) is 8.45. The largest absolute Gasteiger partial charge is 0.384 e. The predicted molar refractivity (Wildman–Crippen MR) is 94.5 cm³/mol. The van der Waals surface area contributed by atoms with Crippen LogP contribution in [0.2, 0.25) is 0 Å². The van der Waals surface area contributed by atoms with Gasteiger partial charge in [0.1, 0.15) is 0 Å². The fourth-order valence-corrected chi connectivity index (χ4v) is 3.99. The van der Waals surface area contributed by atoms with Crippen molar-refractivity contribution < 1.29 is 9.53 Å². The molecule has 1 aromatic rings. The smallest absolute Gasteiger partial charge is 0.228 e. The summed E-state index contributed by atoms with van der Waals surface area (Å²) < 4.78 is 6.46. The topological polar surface area (TPSA) is 50.4 Å². The molecule has 1 aliphatic carbocycles. The minimum Gasteiger partial charge on any atom is -0.384 e. The van der Waals surface area contributed by atoms with Crippen LogP contribution < -0.4 is 10.6 Å². The molecule has 4 nitrogen and oxygen atoms in total. The molecule has 3 rings (SSSR count). The van der Waals surface area contributed by atoms with Crippen molar-refractivity contribution in [2.45, 2.75) is 31.1 Å². The molecule has 1 amide bonds. The fourth-order valence-electron chi connectivity index (χ4n) is 3.59. The number of methoxy groups -OCH3 is 1. The molecule has 1 saturated heterocycles. The number of halogens is 1. The van der Waals surface area contributed by atoms with Crippen LogP contribution in [0.15, 0.2) is 28.7 Å². The number of rotatable bonds is 6. The lowest BCUT2D eigenvalue weighted by Gasteiger charge is -2.36. The number of nitrogens with one attached hydrogen (secondary N) is 2. The fraction of sp³-hybridized carbons (Fsp3) is 0.611. The monoisotopic (exact) mass is 380 g/mol. The van der Waals surface area contributed by atoms with Crippen LogP contribution in [0.3, 0.4) is 0 Å². The van der Waals surface area contributed by atoms with Crippen molar-refractivity contribution in [1.29, 1.82) is 0 Å². The van der Waals surface area contributed by atoms with Gasteiger partial charge in [0.25, 0.3) is 0 Å². The maximum Gasteiger partial charge on any atom is 0.228 e. The molecule has 23 heavy (non-hydrogen) atoms. The lowest BCUT2D eigenvalue weighted by molar-refractivity contribution is -0.136. The summed E-state index contributed by atoms with van der Waals surface area (Å²) in [6.45, 7) is 2.99. The first-order chi connectivity index (χ1) is 11.1. The van der Waals surface area contributed by atoms with Gasteiger partial charge in [-0.2, -0.15) is 0 Å². The molecule has 0 aromatic heterocycles. The van der Waals surface area contributed by atoms with Crippen molar-refractivity contribution in [3.8, 4) is 0 Å². The lowest BCUT2D eigenvalue weighted by atomic mass is 9.78. The van der Waals surface area contributed by atoms with Gasteiger partial charge in [-0.1, -0.05) is 28.1 Å². The van der Waals surface area contributed by atoms with Crippen molar-refractivity contribution in [2.75, 3.05) is 33.4 Å². The Hall–Kier alpha value is -0.910. The SMILES string of the molecule is COCC1(C(=O)NCC2(c3cccc(Br)c3)CC2)CCNCC1. The summed E-state index contributed by atoms with van der Waals surface area (Å²) in [5, 5.41) is 6.57. The first-order valence-electron chi connectivity index (χ1n) is 8.34. The number of hydrogen-bond acceptors (Lipinski definition) is 3. The normalized spacial score (nSPS) is 21.7. The van der Waals surface area contributed by atoms with Crippen molar-refractivity contribution in [2.24, 2.45) is 5.41 Å². The highest BCUT2D eigenvalue weighted by molar-refractivity contribution is 9.10. The Balaban J connectivity index is 1.66. The van der Waals surface area contributed by atoms with E-state index in [0.717, 1.165) is 49.8 Å². The molecule has 126 valence electrons. The summed E-state index contributed by atoms with van der Waals surface area (Å²) in [7, 11) is 1.68. The van der Waals surface area contributed by atoms with Gasteiger partial charge in [0.2, 0.25) is 5.91 Å². The Bertz CT molecular complexity index is 560. The number of benzene rings is 1. The van der Waals surface area contributed by atoms with Crippen LogP contribution in [0.1, 0.15) is 31.2 Å². The van der Waals surface area contributed by atoms with Gasteiger partial charge in [0.05, 0.1) is 12.0 Å². The lowest BCUT2D eigenvalue weighted by Crippen LogP contribution is -2.51. The Morgan fingerprint density at radius 3 is 2.65 bits per heavy atom. The number of piperidine rings is 1. The molecule has 1 saturated carbocycles. The summed E-state index contributed by atoms with van der Waals surface area (Å²) in [5.41, 5.74) is 1.08. The van der Waals surface area contributed by atoms with Crippen molar-refractivity contribution in [1.82, 2.24) is 10.6 Å². The molecule has 0 bridgehead atoms. The van der Waals surface area contributed by atoms with Gasteiger partial charge in [-0.25, -0.2) is 0 Å². The molecule has 0 unspecified atom stereocenters. The highest BCUT2D eigenvalue weighted by atomic mass is 79.9. The minimum absolute atomic E-state index is 0.126. The van der Waals surface area contributed by atoms with Gasteiger partial charge in [-0.15, -0.1) is 0 Å². The maximum absolute atomic E-state index is 12.9. The number of hydrogen-bond donors (Lipinski definition) is 2. The Labute approximate surface area is 146 Å². The van der Waals surface area contributed by atoms with Crippen LogP contribution in [0.25, 0.3) is 0 Å². The van der Waals surface area contributed by atoms with E-state index in [1.54, 1.807) is 7.11 Å². The van der Waals surface area contributed by atoms with Gasteiger partial charge in [0.15, 0.2) is 0 Å². The highest BCUT2D eigenvalue weighted by Gasteiger charge is 2.46. The third-order valence-corrected chi connectivity index (χ3v) is 5.83. The molecule has 1 aliphatic heterocycles. The predicted octanol–water partition coefficient (Wildman–Crippen LogP) is 2.61. The number of amides is 1. The van der Waals surface area contributed by atoms with E-state index in [2.05, 4.69) is 44.8 Å². The van der Waals surface area contributed by atoms with Crippen LogP contribution in [0.4, 0.5) is 0 Å². The summed E-state index contributed by atoms with van der Waals surface area (Å²) >= 11 is 3.54. The summed E-state index contributed by atoms with van der Waals surface area (Å²) in [6.07, 6.45) is 3.97. The zero-order valence-electron chi connectivity index (χ0n) is 13.7. The van der Waals surface area contributed by atoms with Gasteiger partial charge in [0, 0.05) is 23.5 Å². The first-order valence-corrected chi connectivity index (χ1v) is 9.14. The van der Waals surface area contributed by atoms with E-state index in [4.69, 9.17) is 4.74 Å². The van der Waals surface area contributed by atoms with Crippen molar-refractivity contribution in [3.05, 3.63) is 34.3 Å². The van der Waals surface area contributed by atoms with Crippen LogP contribution in [0.5, 0.6) is 0 Å². The van der Waals surface area contributed by atoms with Gasteiger partial charge < -0.3 is 15.4 Å². The van der Waals surface area contributed by atoms with E-state index >= 15 is 0 Å². The molecule has 0 atom stereocenters. The van der Waals surface area contributed by atoms with E-state index in [1.165, 1.54) is 5.56 Å². The molecular weight excluding hydrogens is 356 g/mol. The van der Waals surface area contributed by atoms with E-state index < -0.39 is 0 Å². The third-order valence-electron chi connectivity index (χ3n) is 5.34. The van der Waals surface area contributed by atoms with Crippen LogP contribution >= 0.6 is 15.9 Å². The zero-order valence-corrected chi connectivity index (χ0v) is 15.2. The number of carbonyl (C=O) groups excluding carboxylic acids is 1. The van der Waals surface area contributed by atoms with Crippen molar-refractivity contribution >= 4 is 21.8 Å². The van der Waals surface area contributed by atoms with E-state index in [1.807, 2.05) is 6.07 Å². The Morgan fingerprint density at radius 1 is 1.30 bits per heavy atom. The average Bonchev–Trinajstić information content (AvgIpc) is 3.35. The second-order valence-corrected chi connectivity index (χ2v) is 7.85. The van der Waals surface area contributed by atoms with E-state index in [-0.39, 0.29) is 16.7 Å². The quantitative estimate of drug-likeness (QED) is 0.797. The van der Waals surface area contributed by atoms with E-state index in [0.29, 0.717) is 6.61 Å². The van der Waals surface area contributed by atoms with Gasteiger partial charge in [-0.3, -0.25) is 4.79 Å². The molecular formula is C18H25BrN2O2. The second-order valence-electron chi connectivity index (χ2n) is 6.94. The molecule has 1 heterocycles. The van der Waals surface area contributed by atoms with E-state index in [9.17, 15) is 4.79 Å². The zero-order chi connectivity index (χ0) is 16.3. The third kappa shape index (κ3) is 3.62. The Morgan fingerprint density at radius 2 is 2.04 bits per heavy atom. The van der Waals surface area contributed by atoms with Gasteiger partial charge in [-0.05, 0) is 56.5 Å². The molecule has 5 heteroatoms.